The minimum absolute atomic E-state index is 0.200. The van der Waals surface area contributed by atoms with Crippen LogP contribution in [0.15, 0.2) is 18.2 Å². The maximum atomic E-state index is 12.1. The molecule has 5 nitrogen and oxygen atoms in total. The van der Waals surface area contributed by atoms with Gasteiger partial charge in [-0.1, -0.05) is 52.5 Å². The third-order valence-electron chi connectivity index (χ3n) is 3.81. The fraction of sp³-hybridized carbons (Fsp3) is 0.619. The van der Waals surface area contributed by atoms with Gasteiger partial charge in [0.2, 0.25) is 5.75 Å². The molecule has 0 spiro atoms. The molecular weight excluding hydrogens is 332 g/mol. The Morgan fingerprint density at radius 1 is 0.769 bits per heavy atom. The first-order valence-electron chi connectivity index (χ1n) is 9.79. The standard InChI is InChI=1S/C21H32O5/c1-4-7-9-14-19(22)25-18-13-11-12-17(24-16-6-3)21(18)26-20(23)15-10-8-5-2/h11-13H,4-10,14-16H2,1-3H3. The number of unbranched alkanes of at least 4 members (excludes halogenated alkanes) is 4. The van der Waals surface area contributed by atoms with Gasteiger partial charge in [0.15, 0.2) is 11.5 Å². The van der Waals surface area contributed by atoms with Gasteiger partial charge in [-0.2, -0.15) is 0 Å². The van der Waals surface area contributed by atoms with Crippen LogP contribution in [0, 0.1) is 0 Å². The van der Waals surface area contributed by atoms with Gasteiger partial charge in [0.25, 0.3) is 0 Å². The second-order valence-electron chi connectivity index (χ2n) is 6.29. The molecule has 1 rings (SSSR count). The summed E-state index contributed by atoms with van der Waals surface area (Å²) in [6.45, 7) is 6.65. The van der Waals surface area contributed by atoms with E-state index in [0.717, 1.165) is 44.9 Å². The number of esters is 2. The van der Waals surface area contributed by atoms with Crippen LogP contribution in [0.25, 0.3) is 0 Å². The zero-order chi connectivity index (χ0) is 19.2. The van der Waals surface area contributed by atoms with Crippen LogP contribution in [0.3, 0.4) is 0 Å². The molecule has 0 fully saturated rings. The Morgan fingerprint density at radius 2 is 1.35 bits per heavy atom. The summed E-state index contributed by atoms with van der Waals surface area (Å²) < 4.78 is 16.6. The van der Waals surface area contributed by atoms with E-state index >= 15 is 0 Å². The van der Waals surface area contributed by atoms with Crippen molar-refractivity contribution >= 4 is 11.9 Å². The number of hydrogen-bond donors (Lipinski definition) is 0. The van der Waals surface area contributed by atoms with Crippen molar-refractivity contribution < 1.29 is 23.8 Å². The summed E-state index contributed by atoms with van der Waals surface area (Å²) >= 11 is 0. The maximum Gasteiger partial charge on any atom is 0.311 e. The molecule has 1 aromatic carbocycles. The third kappa shape index (κ3) is 8.37. The molecule has 0 aliphatic carbocycles. The predicted octanol–water partition coefficient (Wildman–Crippen LogP) is 5.45. The number of hydrogen-bond acceptors (Lipinski definition) is 5. The minimum Gasteiger partial charge on any atom is -0.490 e. The highest BCUT2D eigenvalue weighted by atomic mass is 16.6. The first-order valence-corrected chi connectivity index (χ1v) is 9.79. The van der Waals surface area contributed by atoms with Crippen LogP contribution in [-0.2, 0) is 9.59 Å². The number of carbonyl (C=O) groups excluding carboxylic acids is 2. The van der Waals surface area contributed by atoms with Crippen LogP contribution in [-0.4, -0.2) is 18.5 Å². The van der Waals surface area contributed by atoms with Crippen LogP contribution >= 0.6 is 0 Å². The minimum atomic E-state index is -0.339. The lowest BCUT2D eigenvalue weighted by atomic mass is 10.2. The zero-order valence-corrected chi connectivity index (χ0v) is 16.3. The van der Waals surface area contributed by atoms with Gasteiger partial charge in [-0.05, 0) is 31.4 Å². The van der Waals surface area contributed by atoms with Crippen molar-refractivity contribution in [2.24, 2.45) is 0 Å². The van der Waals surface area contributed by atoms with E-state index < -0.39 is 0 Å². The number of para-hydroxylation sites is 1. The smallest absolute Gasteiger partial charge is 0.311 e. The maximum absolute atomic E-state index is 12.1. The van der Waals surface area contributed by atoms with Crippen LogP contribution in [0.4, 0.5) is 0 Å². The summed E-state index contributed by atoms with van der Waals surface area (Å²) in [4.78, 5) is 24.2. The molecule has 1 aromatic rings. The van der Waals surface area contributed by atoms with Crippen molar-refractivity contribution in [3.05, 3.63) is 18.2 Å². The Labute approximate surface area is 157 Å². The summed E-state index contributed by atoms with van der Waals surface area (Å²) in [6, 6.07) is 5.08. The molecule has 0 unspecified atom stereocenters. The molecule has 5 heteroatoms. The van der Waals surface area contributed by atoms with Gasteiger partial charge in [-0.3, -0.25) is 9.59 Å². The first-order chi connectivity index (χ1) is 12.6. The normalized spacial score (nSPS) is 10.4. The van der Waals surface area contributed by atoms with Gasteiger partial charge in [-0.15, -0.1) is 0 Å². The van der Waals surface area contributed by atoms with Gasteiger partial charge in [0.05, 0.1) is 6.61 Å². The fourth-order valence-electron chi connectivity index (χ4n) is 2.38. The number of ether oxygens (including phenoxy) is 3. The van der Waals surface area contributed by atoms with Crippen molar-refractivity contribution in [3.63, 3.8) is 0 Å². The average molecular weight is 364 g/mol. The zero-order valence-electron chi connectivity index (χ0n) is 16.3. The molecule has 0 aliphatic heterocycles. The molecule has 26 heavy (non-hydrogen) atoms. The highest BCUT2D eigenvalue weighted by molar-refractivity contribution is 5.77. The van der Waals surface area contributed by atoms with E-state index in [0.29, 0.717) is 25.2 Å². The second kappa shape index (κ2) is 13.2. The Bertz CT molecular complexity index is 553. The van der Waals surface area contributed by atoms with Gasteiger partial charge < -0.3 is 14.2 Å². The largest absolute Gasteiger partial charge is 0.490 e. The molecule has 0 amide bonds. The SMILES string of the molecule is CCCCCC(=O)Oc1cccc(OCCC)c1OC(=O)CCCCC. The van der Waals surface area contributed by atoms with Gasteiger partial charge in [0, 0.05) is 12.8 Å². The summed E-state index contributed by atoms with van der Waals surface area (Å²) in [7, 11) is 0. The van der Waals surface area contributed by atoms with E-state index in [9.17, 15) is 9.59 Å². The number of carbonyl (C=O) groups is 2. The van der Waals surface area contributed by atoms with Crippen molar-refractivity contribution in [1.29, 1.82) is 0 Å². The predicted molar refractivity (Wildman–Crippen MR) is 102 cm³/mol. The lowest BCUT2D eigenvalue weighted by molar-refractivity contribution is -0.137. The van der Waals surface area contributed by atoms with Gasteiger partial charge in [0.1, 0.15) is 0 Å². The number of benzene rings is 1. The van der Waals surface area contributed by atoms with E-state index in [1.54, 1.807) is 18.2 Å². The van der Waals surface area contributed by atoms with Crippen LogP contribution in [0.2, 0.25) is 0 Å². The Hall–Kier alpha value is -2.04. The molecular formula is C21H32O5. The molecule has 0 saturated heterocycles. The van der Waals surface area contributed by atoms with E-state index in [1.807, 2.05) is 6.92 Å². The highest BCUT2D eigenvalue weighted by Gasteiger charge is 2.18. The fourth-order valence-corrected chi connectivity index (χ4v) is 2.38. The quantitative estimate of drug-likeness (QED) is 0.265. The third-order valence-corrected chi connectivity index (χ3v) is 3.81. The van der Waals surface area contributed by atoms with Crippen molar-refractivity contribution in [2.45, 2.75) is 78.6 Å². The summed E-state index contributed by atoms with van der Waals surface area (Å²) in [5.41, 5.74) is 0. The van der Waals surface area contributed by atoms with Crippen molar-refractivity contribution in [3.8, 4) is 17.2 Å². The van der Waals surface area contributed by atoms with Crippen LogP contribution in [0.1, 0.15) is 78.6 Å². The Morgan fingerprint density at radius 3 is 1.92 bits per heavy atom. The molecule has 0 aliphatic rings. The van der Waals surface area contributed by atoms with Crippen LogP contribution < -0.4 is 14.2 Å². The lowest BCUT2D eigenvalue weighted by Gasteiger charge is -2.15. The monoisotopic (exact) mass is 364 g/mol. The van der Waals surface area contributed by atoms with E-state index in [4.69, 9.17) is 14.2 Å². The first kappa shape index (κ1) is 22.0. The Balaban J connectivity index is 2.86. The molecule has 0 saturated carbocycles. The molecule has 0 radical (unpaired) electrons. The topological polar surface area (TPSA) is 61.8 Å². The highest BCUT2D eigenvalue weighted by Crippen LogP contribution is 2.38. The number of rotatable bonds is 13. The van der Waals surface area contributed by atoms with E-state index in [1.165, 1.54) is 0 Å². The molecule has 0 N–H and O–H groups in total. The van der Waals surface area contributed by atoms with Gasteiger partial charge >= 0.3 is 11.9 Å². The average Bonchev–Trinajstić information content (AvgIpc) is 2.62. The molecule has 0 atom stereocenters. The van der Waals surface area contributed by atoms with Crippen molar-refractivity contribution in [2.75, 3.05) is 6.61 Å². The molecule has 0 aromatic heterocycles. The summed E-state index contributed by atoms with van der Waals surface area (Å²) in [5, 5.41) is 0. The second-order valence-corrected chi connectivity index (χ2v) is 6.29. The summed E-state index contributed by atoms with van der Waals surface area (Å²) in [5.74, 6) is 0.202. The van der Waals surface area contributed by atoms with Crippen LogP contribution in [0.5, 0.6) is 17.2 Å². The van der Waals surface area contributed by atoms with Gasteiger partial charge in [-0.25, -0.2) is 0 Å². The Kier molecular flexibility index (Phi) is 11.2. The van der Waals surface area contributed by atoms with E-state index in [2.05, 4.69) is 13.8 Å². The molecule has 146 valence electrons. The molecule has 0 heterocycles. The molecule has 0 bridgehead atoms. The van der Waals surface area contributed by atoms with E-state index in [-0.39, 0.29) is 23.4 Å². The lowest BCUT2D eigenvalue weighted by Crippen LogP contribution is -2.13. The summed E-state index contributed by atoms with van der Waals surface area (Å²) in [6.07, 6.45) is 7.09. The van der Waals surface area contributed by atoms with Crippen molar-refractivity contribution in [1.82, 2.24) is 0 Å².